The topological polar surface area (TPSA) is 87.5 Å². The Morgan fingerprint density at radius 2 is 1.79 bits per heavy atom. The van der Waals surface area contributed by atoms with Crippen LogP contribution in [0.25, 0.3) is 0 Å². The molecule has 0 saturated heterocycles. The van der Waals surface area contributed by atoms with Crippen LogP contribution in [-0.4, -0.2) is 15.9 Å². The van der Waals surface area contributed by atoms with Crippen molar-refractivity contribution in [1.29, 1.82) is 0 Å². The number of thiocarbonyl (C=S) groups is 1. The standard InChI is InChI=1S/C24H19FN4O3S/c1-15-21(23(30)26-18-12-10-17(25)11-13-18)22(16-6-5-9-20(14-16)29(31)32)27-24(33)28(15)19-7-3-2-4-8-19/h2-14,22H,1H3,(H,26,30)(H,27,33)/t22-/m1/s1. The molecular formula is C24H19FN4O3S. The van der Waals surface area contributed by atoms with Crippen LogP contribution < -0.4 is 15.5 Å². The summed E-state index contributed by atoms with van der Waals surface area (Å²) in [6, 6.07) is 20.1. The molecule has 1 aliphatic rings. The van der Waals surface area contributed by atoms with E-state index in [4.69, 9.17) is 12.2 Å². The minimum absolute atomic E-state index is 0.0957. The quantitative estimate of drug-likeness (QED) is 0.312. The molecule has 2 N–H and O–H groups in total. The van der Waals surface area contributed by atoms with Gasteiger partial charge in [-0.3, -0.25) is 19.8 Å². The molecule has 1 amide bonds. The normalized spacial score (nSPS) is 15.8. The minimum atomic E-state index is -0.724. The Labute approximate surface area is 194 Å². The number of benzene rings is 3. The maximum absolute atomic E-state index is 13.4. The molecule has 0 unspecified atom stereocenters. The molecule has 0 spiro atoms. The Balaban J connectivity index is 1.81. The van der Waals surface area contributed by atoms with Gasteiger partial charge in [-0.15, -0.1) is 0 Å². The number of amides is 1. The second kappa shape index (κ2) is 9.17. The molecule has 9 heteroatoms. The van der Waals surface area contributed by atoms with Crippen molar-refractivity contribution in [3.8, 4) is 0 Å². The van der Waals surface area contributed by atoms with Gasteiger partial charge in [0.25, 0.3) is 11.6 Å². The van der Waals surface area contributed by atoms with Crippen molar-refractivity contribution in [2.75, 3.05) is 10.2 Å². The summed E-state index contributed by atoms with van der Waals surface area (Å²) in [5, 5.41) is 17.6. The van der Waals surface area contributed by atoms with E-state index in [-0.39, 0.29) is 5.69 Å². The maximum atomic E-state index is 13.4. The maximum Gasteiger partial charge on any atom is 0.269 e. The van der Waals surface area contributed by atoms with E-state index in [0.717, 1.165) is 5.69 Å². The van der Waals surface area contributed by atoms with Gasteiger partial charge in [0.05, 0.1) is 16.5 Å². The van der Waals surface area contributed by atoms with Crippen LogP contribution in [0.15, 0.2) is 90.1 Å². The van der Waals surface area contributed by atoms with Crippen molar-refractivity contribution >= 4 is 40.3 Å². The van der Waals surface area contributed by atoms with Crippen molar-refractivity contribution < 1.29 is 14.1 Å². The molecule has 3 aromatic carbocycles. The lowest BCUT2D eigenvalue weighted by atomic mass is 9.93. The van der Waals surface area contributed by atoms with Gasteiger partial charge in [-0.1, -0.05) is 30.3 Å². The second-order valence-electron chi connectivity index (χ2n) is 7.37. The first-order chi connectivity index (χ1) is 15.8. The van der Waals surface area contributed by atoms with E-state index in [2.05, 4.69) is 10.6 Å². The fourth-order valence-electron chi connectivity index (χ4n) is 3.72. The minimum Gasteiger partial charge on any atom is -0.351 e. The van der Waals surface area contributed by atoms with E-state index in [0.29, 0.717) is 27.6 Å². The molecule has 0 radical (unpaired) electrons. The number of rotatable bonds is 5. The van der Waals surface area contributed by atoms with Crippen molar-refractivity contribution in [3.63, 3.8) is 0 Å². The molecular weight excluding hydrogens is 443 g/mol. The number of nitrogens with zero attached hydrogens (tertiary/aromatic N) is 2. The molecule has 0 bridgehead atoms. The third-order valence-electron chi connectivity index (χ3n) is 5.26. The van der Waals surface area contributed by atoms with E-state index in [9.17, 15) is 19.3 Å². The molecule has 0 aliphatic carbocycles. The predicted molar refractivity (Wildman–Crippen MR) is 128 cm³/mol. The van der Waals surface area contributed by atoms with Gasteiger partial charge in [0.2, 0.25) is 0 Å². The van der Waals surface area contributed by atoms with Crippen molar-refractivity contribution in [3.05, 3.63) is 112 Å². The highest BCUT2D eigenvalue weighted by Crippen LogP contribution is 2.35. The summed E-state index contributed by atoms with van der Waals surface area (Å²) in [5.74, 6) is -0.857. The Hall–Kier alpha value is -4.11. The summed E-state index contributed by atoms with van der Waals surface area (Å²) in [6.07, 6.45) is 0. The molecule has 166 valence electrons. The predicted octanol–water partition coefficient (Wildman–Crippen LogP) is 5.08. The largest absolute Gasteiger partial charge is 0.351 e. The van der Waals surface area contributed by atoms with Gasteiger partial charge in [-0.25, -0.2) is 4.39 Å². The van der Waals surface area contributed by atoms with Crippen molar-refractivity contribution in [2.24, 2.45) is 0 Å². The van der Waals surface area contributed by atoms with Gasteiger partial charge < -0.3 is 10.6 Å². The smallest absolute Gasteiger partial charge is 0.269 e. The number of carbonyl (C=O) groups excluding carboxylic acids is 1. The highest BCUT2D eigenvalue weighted by Gasteiger charge is 2.35. The van der Waals surface area contributed by atoms with E-state index < -0.39 is 22.7 Å². The number of hydrogen-bond acceptors (Lipinski definition) is 4. The van der Waals surface area contributed by atoms with Crippen molar-refractivity contribution in [1.82, 2.24) is 5.32 Å². The van der Waals surface area contributed by atoms with Gasteiger partial charge in [0.1, 0.15) is 5.82 Å². The highest BCUT2D eigenvalue weighted by atomic mass is 32.1. The zero-order valence-electron chi connectivity index (χ0n) is 17.5. The molecule has 0 fully saturated rings. The number of allylic oxidation sites excluding steroid dienone is 1. The number of anilines is 2. The lowest BCUT2D eigenvalue weighted by molar-refractivity contribution is -0.384. The molecule has 1 heterocycles. The summed E-state index contributed by atoms with van der Waals surface area (Å²) < 4.78 is 13.3. The van der Waals surface area contributed by atoms with Crippen LogP contribution in [0.3, 0.4) is 0 Å². The Kier molecular flexibility index (Phi) is 6.14. The lowest BCUT2D eigenvalue weighted by Crippen LogP contribution is -2.48. The number of nitro benzene ring substituents is 1. The number of nitrogens with one attached hydrogen (secondary N) is 2. The number of non-ortho nitro benzene ring substituents is 1. The summed E-state index contributed by atoms with van der Waals surface area (Å²) in [5.41, 5.74) is 2.50. The van der Waals surface area contributed by atoms with Gasteiger partial charge >= 0.3 is 0 Å². The van der Waals surface area contributed by atoms with Gasteiger partial charge in [-0.05, 0) is 61.1 Å². The molecule has 33 heavy (non-hydrogen) atoms. The third kappa shape index (κ3) is 4.58. The van der Waals surface area contributed by atoms with E-state index in [1.165, 1.54) is 36.4 Å². The number of carbonyl (C=O) groups is 1. The van der Waals surface area contributed by atoms with Crippen molar-refractivity contribution in [2.45, 2.75) is 13.0 Å². The summed E-state index contributed by atoms with van der Waals surface area (Å²) in [4.78, 5) is 26.0. The van der Waals surface area contributed by atoms with Crippen LogP contribution in [0.1, 0.15) is 18.5 Å². The van der Waals surface area contributed by atoms with E-state index >= 15 is 0 Å². The zero-order valence-corrected chi connectivity index (χ0v) is 18.3. The fourth-order valence-corrected chi connectivity index (χ4v) is 4.08. The van der Waals surface area contributed by atoms with Gasteiger partial charge in [0, 0.05) is 29.2 Å². The van der Waals surface area contributed by atoms with Crippen LogP contribution in [0.2, 0.25) is 0 Å². The summed E-state index contributed by atoms with van der Waals surface area (Å²) in [6.45, 7) is 1.77. The molecule has 0 saturated carbocycles. The number of nitro groups is 1. The van der Waals surface area contributed by atoms with Crippen LogP contribution >= 0.6 is 12.2 Å². The molecule has 3 aromatic rings. The summed E-state index contributed by atoms with van der Waals surface area (Å²) >= 11 is 5.60. The second-order valence-corrected chi connectivity index (χ2v) is 7.75. The Bertz CT molecular complexity index is 1260. The number of hydrogen-bond donors (Lipinski definition) is 2. The SMILES string of the molecule is CC1=C(C(=O)Nc2ccc(F)cc2)[C@@H](c2cccc([N+](=O)[O-])c2)NC(=S)N1c1ccccc1. The zero-order chi connectivity index (χ0) is 23.5. The highest BCUT2D eigenvalue weighted by molar-refractivity contribution is 7.80. The third-order valence-corrected chi connectivity index (χ3v) is 5.56. The van der Waals surface area contributed by atoms with E-state index in [1.807, 2.05) is 30.3 Å². The van der Waals surface area contributed by atoms with Crippen LogP contribution in [0, 0.1) is 15.9 Å². The van der Waals surface area contributed by atoms with Gasteiger partial charge in [0.15, 0.2) is 5.11 Å². The average molecular weight is 463 g/mol. The first-order valence-corrected chi connectivity index (χ1v) is 10.4. The lowest BCUT2D eigenvalue weighted by Gasteiger charge is -2.37. The van der Waals surface area contributed by atoms with Crippen LogP contribution in [0.5, 0.6) is 0 Å². The molecule has 1 atom stereocenters. The number of halogens is 1. The first kappa shape index (κ1) is 22.1. The van der Waals surface area contributed by atoms with Gasteiger partial charge in [-0.2, -0.15) is 0 Å². The van der Waals surface area contributed by atoms with Crippen LogP contribution in [0.4, 0.5) is 21.5 Å². The molecule has 0 aromatic heterocycles. The molecule has 1 aliphatic heterocycles. The Morgan fingerprint density at radius 3 is 2.45 bits per heavy atom. The first-order valence-electron chi connectivity index (χ1n) is 10.0. The summed E-state index contributed by atoms with van der Waals surface area (Å²) in [7, 11) is 0. The van der Waals surface area contributed by atoms with E-state index in [1.54, 1.807) is 24.0 Å². The van der Waals surface area contributed by atoms with Crippen LogP contribution in [-0.2, 0) is 4.79 Å². The monoisotopic (exact) mass is 462 g/mol. The number of para-hydroxylation sites is 1. The average Bonchev–Trinajstić information content (AvgIpc) is 2.81. The fraction of sp³-hybridized carbons (Fsp3) is 0.0833. The Morgan fingerprint density at radius 1 is 1.09 bits per heavy atom. The molecule has 4 rings (SSSR count). The molecule has 7 nitrogen and oxygen atoms in total.